The largest absolute Gasteiger partial charge is 0.504 e. The normalized spacial score (nSPS) is 10.0. The Morgan fingerprint density at radius 1 is 1.10 bits per heavy atom. The summed E-state index contributed by atoms with van der Waals surface area (Å²) in [6, 6.07) is 3.83. The summed E-state index contributed by atoms with van der Waals surface area (Å²) in [5.41, 5.74) is -0.646. The van der Waals surface area contributed by atoms with Crippen LogP contribution in [0, 0.1) is 0 Å². The van der Waals surface area contributed by atoms with Crippen molar-refractivity contribution in [1.82, 2.24) is 9.97 Å². The van der Waals surface area contributed by atoms with E-state index in [0.717, 1.165) is 0 Å². The molecule has 1 aromatic carbocycles. The highest BCUT2D eigenvalue weighted by molar-refractivity contribution is 6.08. The smallest absolute Gasteiger partial charge is 0.358 e. The molecule has 0 fully saturated rings. The molecule has 8 nitrogen and oxygen atoms in total. The molecule has 20 heavy (non-hydrogen) atoms. The SMILES string of the molecule is O=C(Nc1nccnc1C(=O)O)c1cccc(O)c1O. The van der Waals surface area contributed by atoms with Gasteiger partial charge in [-0.25, -0.2) is 14.8 Å². The molecule has 0 atom stereocenters. The molecule has 0 saturated heterocycles. The van der Waals surface area contributed by atoms with Crippen molar-refractivity contribution in [3.05, 3.63) is 41.9 Å². The predicted molar refractivity (Wildman–Crippen MR) is 66.7 cm³/mol. The first-order chi connectivity index (χ1) is 9.50. The van der Waals surface area contributed by atoms with Crippen molar-refractivity contribution in [2.45, 2.75) is 0 Å². The maximum absolute atomic E-state index is 11.9. The fourth-order valence-corrected chi connectivity index (χ4v) is 1.48. The minimum atomic E-state index is -1.35. The fourth-order valence-electron chi connectivity index (χ4n) is 1.48. The first-order valence-corrected chi connectivity index (χ1v) is 5.37. The molecule has 0 saturated carbocycles. The van der Waals surface area contributed by atoms with Crippen LogP contribution in [0.2, 0.25) is 0 Å². The second-order valence-corrected chi connectivity index (χ2v) is 3.69. The third-order valence-electron chi connectivity index (χ3n) is 2.39. The lowest BCUT2D eigenvalue weighted by atomic mass is 10.1. The number of aromatic hydroxyl groups is 2. The Morgan fingerprint density at radius 3 is 2.50 bits per heavy atom. The molecule has 2 rings (SSSR count). The van der Waals surface area contributed by atoms with E-state index < -0.39 is 29.1 Å². The molecule has 0 aliphatic rings. The summed E-state index contributed by atoms with van der Waals surface area (Å²) < 4.78 is 0. The van der Waals surface area contributed by atoms with Gasteiger partial charge in [-0.3, -0.25) is 4.79 Å². The van der Waals surface area contributed by atoms with Crippen LogP contribution in [-0.2, 0) is 0 Å². The number of carbonyl (C=O) groups excluding carboxylic acids is 1. The van der Waals surface area contributed by atoms with Crippen LogP contribution >= 0.6 is 0 Å². The zero-order valence-electron chi connectivity index (χ0n) is 9.94. The van der Waals surface area contributed by atoms with Crippen molar-refractivity contribution in [1.29, 1.82) is 0 Å². The molecule has 0 radical (unpaired) electrons. The average molecular weight is 275 g/mol. The lowest BCUT2D eigenvalue weighted by Gasteiger charge is -2.08. The van der Waals surface area contributed by atoms with E-state index in [1.165, 1.54) is 30.6 Å². The second kappa shape index (κ2) is 5.22. The number of phenols is 2. The molecule has 102 valence electrons. The van der Waals surface area contributed by atoms with Crippen LogP contribution < -0.4 is 5.32 Å². The Bertz CT molecular complexity index is 687. The van der Waals surface area contributed by atoms with E-state index in [-0.39, 0.29) is 11.4 Å². The standard InChI is InChI=1S/C12H9N3O5/c16-7-3-1-2-6(9(7)17)11(18)15-10-8(12(19)20)13-4-5-14-10/h1-5,16-17H,(H,19,20)(H,14,15,18). The van der Waals surface area contributed by atoms with Crippen LogP contribution in [0.25, 0.3) is 0 Å². The van der Waals surface area contributed by atoms with Crippen molar-refractivity contribution in [2.24, 2.45) is 0 Å². The van der Waals surface area contributed by atoms with Crippen LogP contribution in [0.1, 0.15) is 20.8 Å². The van der Waals surface area contributed by atoms with Crippen molar-refractivity contribution >= 4 is 17.7 Å². The Morgan fingerprint density at radius 2 is 1.80 bits per heavy atom. The summed E-state index contributed by atoms with van der Waals surface area (Å²) in [5.74, 6) is -3.50. The minimum Gasteiger partial charge on any atom is -0.504 e. The van der Waals surface area contributed by atoms with Gasteiger partial charge in [0.05, 0.1) is 5.56 Å². The molecule has 1 aromatic heterocycles. The lowest BCUT2D eigenvalue weighted by Crippen LogP contribution is -2.17. The van der Waals surface area contributed by atoms with Crippen LogP contribution in [0.15, 0.2) is 30.6 Å². The number of hydrogen-bond donors (Lipinski definition) is 4. The van der Waals surface area contributed by atoms with Gasteiger partial charge < -0.3 is 20.6 Å². The summed E-state index contributed by atoms with van der Waals surface area (Å²) >= 11 is 0. The van der Waals surface area contributed by atoms with Crippen LogP contribution in [-0.4, -0.2) is 37.2 Å². The van der Waals surface area contributed by atoms with Gasteiger partial charge in [0.15, 0.2) is 23.0 Å². The first kappa shape index (κ1) is 13.3. The van der Waals surface area contributed by atoms with E-state index in [1.807, 2.05) is 0 Å². The number of anilines is 1. The lowest BCUT2D eigenvalue weighted by molar-refractivity contribution is 0.0691. The average Bonchev–Trinajstić information content (AvgIpc) is 2.42. The predicted octanol–water partition coefficient (Wildman–Crippen LogP) is 0.838. The monoisotopic (exact) mass is 275 g/mol. The molecular formula is C12H9N3O5. The molecule has 1 heterocycles. The highest BCUT2D eigenvalue weighted by Crippen LogP contribution is 2.28. The van der Waals surface area contributed by atoms with Crippen molar-refractivity contribution in [3.63, 3.8) is 0 Å². The number of rotatable bonds is 3. The number of carboxylic acid groups (broad SMARTS) is 1. The molecule has 8 heteroatoms. The molecule has 0 aliphatic carbocycles. The number of amides is 1. The number of benzene rings is 1. The van der Waals surface area contributed by atoms with Gasteiger partial charge in [-0.2, -0.15) is 0 Å². The van der Waals surface area contributed by atoms with E-state index in [0.29, 0.717) is 0 Å². The van der Waals surface area contributed by atoms with Gasteiger partial charge in [-0.15, -0.1) is 0 Å². The number of nitrogens with one attached hydrogen (secondary N) is 1. The Balaban J connectivity index is 2.33. The minimum absolute atomic E-state index is 0.216. The van der Waals surface area contributed by atoms with E-state index in [9.17, 15) is 19.8 Å². The number of carboxylic acids is 1. The molecule has 2 aromatic rings. The Labute approximate surface area is 112 Å². The van der Waals surface area contributed by atoms with E-state index in [1.54, 1.807) is 0 Å². The number of aromatic carboxylic acids is 1. The summed E-state index contributed by atoms with van der Waals surface area (Å²) in [6.07, 6.45) is 2.38. The molecule has 0 spiro atoms. The zero-order valence-corrected chi connectivity index (χ0v) is 9.94. The van der Waals surface area contributed by atoms with E-state index in [4.69, 9.17) is 5.11 Å². The van der Waals surface area contributed by atoms with Gasteiger partial charge >= 0.3 is 5.97 Å². The van der Waals surface area contributed by atoms with Crippen LogP contribution in [0.5, 0.6) is 11.5 Å². The van der Waals surface area contributed by atoms with Gasteiger partial charge in [-0.1, -0.05) is 6.07 Å². The zero-order chi connectivity index (χ0) is 14.7. The fraction of sp³-hybridized carbons (Fsp3) is 0. The third-order valence-corrected chi connectivity index (χ3v) is 2.39. The van der Waals surface area contributed by atoms with E-state index >= 15 is 0 Å². The number of carbonyl (C=O) groups is 2. The van der Waals surface area contributed by atoms with Gasteiger partial charge in [0.2, 0.25) is 0 Å². The molecule has 1 amide bonds. The third kappa shape index (κ3) is 2.48. The molecule has 0 unspecified atom stereocenters. The number of nitrogens with zero attached hydrogens (tertiary/aromatic N) is 2. The second-order valence-electron chi connectivity index (χ2n) is 3.69. The van der Waals surface area contributed by atoms with Crippen LogP contribution in [0.4, 0.5) is 5.82 Å². The highest BCUT2D eigenvalue weighted by atomic mass is 16.4. The van der Waals surface area contributed by atoms with Crippen LogP contribution in [0.3, 0.4) is 0 Å². The molecule has 4 N–H and O–H groups in total. The number of hydrogen-bond acceptors (Lipinski definition) is 6. The van der Waals surface area contributed by atoms with Crippen molar-refractivity contribution in [2.75, 3.05) is 5.32 Å². The van der Waals surface area contributed by atoms with Gasteiger partial charge in [0, 0.05) is 12.4 Å². The summed E-state index contributed by atoms with van der Waals surface area (Å²) in [5, 5.41) is 30.0. The van der Waals surface area contributed by atoms with Gasteiger partial charge in [-0.05, 0) is 12.1 Å². The number of para-hydroxylation sites is 1. The summed E-state index contributed by atoms with van der Waals surface area (Å²) in [6.45, 7) is 0. The molecule has 0 aliphatic heterocycles. The molecular weight excluding hydrogens is 266 g/mol. The quantitative estimate of drug-likeness (QED) is 0.610. The molecule has 0 bridgehead atoms. The van der Waals surface area contributed by atoms with E-state index in [2.05, 4.69) is 15.3 Å². The maximum atomic E-state index is 11.9. The summed E-state index contributed by atoms with van der Waals surface area (Å²) in [7, 11) is 0. The topological polar surface area (TPSA) is 133 Å². The number of phenolic OH excluding ortho intramolecular Hbond substituents is 2. The Kier molecular flexibility index (Phi) is 3.47. The number of aromatic nitrogens is 2. The van der Waals surface area contributed by atoms with Gasteiger partial charge in [0.25, 0.3) is 5.91 Å². The first-order valence-electron chi connectivity index (χ1n) is 5.37. The van der Waals surface area contributed by atoms with Gasteiger partial charge in [0.1, 0.15) is 0 Å². The Hall–Kier alpha value is -3.16. The highest BCUT2D eigenvalue weighted by Gasteiger charge is 2.18. The summed E-state index contributed by atoms with van der Waals surface area (Å²) in [4.78, 5) is 30.1. The maximum Gasteiger partial charge on any atom is 0.358 e. The van der Waals surface area contributed by atoms with Crippen molar-refractivity contribution < 1.29 is 24.9 Å². The van der Waals surface area contributed by atoms with Crippen molar-refractivity contribution in [3.8, 4) is 11.5 Å².